The lowest BCUT2D eigenvalue weighted by molar-refractivity contribution is -0.263. The number of esters is 4. The number of ether oxygens (including phenoxy) is 5. The molecule has 12 heteroatoms. The minimum atomic E-state index is -1.52. The van der Waals surface area contributed by atoms with Gasteiger partial charge in [0.25, 0.3) is 0 Å². The smallest absolute Gasteiger partial charge is 0.342 e. The molecular weight excluding hydrogens is 462 g/mol. The molecule has 1 aliphatic heterocycles. The molecule has 1 N–H and O–H groups in total. The SMILES string of the molecule is CC(=O)N[C@@H]1[C@H](OC(=O)c2ccccc2Cl)O[C@H](COC(C)=O)[C@@H](OC(C)=O)[C@@H]1OC(C)=O. The molecule has 2 rings (SSSR count). The van der Waals surface area contributed by atoms with Crippen LogP contribution in [0.1, 0.15) is 38.1 Å². The van der Waals surface area contributed by atoms with Gasteiger partial charge in [-0.05, 0) is 12.1 Å². The number of rotatable bonds is 7. The minimum absolute atomic E-state index is 0.0204. The van der Waals surface area contributed by atoms with Crippen LogP contribution >= 0.6 is 11.6 Å². The average molecular weight is 486 g/mol. The molecule has 11 nitrogen and oxygen atoms in total. The summed E-state index contributed by atoms with van der Waals surface area (Å²) >= 11 is 6.05. The summed E-state index contributed by atoms with van der Waals surface area (Å²) in [7, 11) is 0. The van der Waals surface area contributed by atoms with Gasteiger partial charge in [0.15, 0.2) is 12.2 Å². The lowest BCUT2D eigenvalue weighted by Crippen LogP contribution is -2.66. The Morgan fingerprint density at radius 1 is 0.909 bits per heavy atom. The zero-order chi connectivity index (χ0) is 24.7. The minimum Gasteiger partial charge on any atom is -0.463 e. The fourth-order valence-corrected chi connectivity index (χ4v) is 3.40. The van der Waals surface area contributed by atoms with Gasteiger partial charge < -0.3 is 29.0 Å². The van der Waals surface area contributed by atoms with Crippen molar-refractivity contribution >= 4 is 41.4 Å². The lowest BCUT2D eigenvalue weighted by atomic mass is 9.96. The Morgan fingerprint density at radius 3 is 2.06 bits per heavy atom. The third-order valence-electron chi connectivity index (χ3n) is 4.39. The van der Waals surface area contributed by atoms with Crippen molar-refractivity contribution in [3.8, 4) is 0 Å². The maximum absolute atomic E-state index is 12.7. The largest absolute Gasteiger partial charge is 0.463 e. The first-order valence-corrected chi connectivity index (χ1v) is 10.2. The Balaban J connectivity index is 2.45. The summed E-state index contributed by atoms with van der Waals surface area (Å²) in [6.45, 7) is 4.14. The van der Waals surface area contributed by atoms with E-state index in [2.05, 4.69) is 5.32 Å². The number of amides is 1. The second-order valence-corrected chi connectivity index (χ2v) is 7.51. The lowest BCUT2D eigenvalue weighted by Gasteiger charge is -2.44. The molecule has 33 heavy (non-hydrogen) atoms. The first kappa shape index (κ1) is 26.1. The fraction of sp³-hybridized carbons (Fsp3) is 0.476. The van der Waals surface area contributed by atoms with Crippen molar-refractivity contribution in [1.82, 2.24) is 5.32 Å². The van der Waals surface area contributed by atoms with Gasteiger partial charge in [0.1, 0.15) is 18.8 Å². The quantitative estimate of drug-likeness (QED) is 0.441. The second kappa shape index (κ2) is 11.6. The Bertz CT molecular complexity index is 920. The van der Waals surface area contributed by atoms with Gasteiger partial charge in [-0.1, -0.05) is 23.7 Å². The molecule has 0 aromatic heterocycles. The van der Waals surface area contributed by atoms with Gasteiger partial charge >= 0.3 is 23.9 Å². The highest BCUT2D eigenvalue weighted by molar-refractivity contribution is 6.33. The van der Waals surface area contributed by atoms with Crippen molar-refractivity contribution in [3.63, 3.8) is 0 Å². The molecule has 0 saturated carbocycles. The van der Waals surface area contributed by atoms with E-state index in [9.17, 15) is 24.0 Å². The van der Waals surface area contributed by atoms with E-state index in [4.69, 9.17) is 35.3 Å². The van der Waals surface area contributed by atoms with E-state index in [0.29, 0.717) is 0 Å². The maximum atomic E-state index is 12.7. The monoisotopic (exact) mass is 485 g/mol. The van der Waals surface area contributed by atoms with E-state index < -0.39 is 67.0 Å². The third kappa shape index (κ3) is 7.43. The van der Waals surface area contributed by atoms with E-state index >= 15 is 0 Å². The van der Waals surface area contributed by atoms with Crippen LogP contribution in [-0.4, -0.2) is 67.0 Å². The molecule has 0 unspecified atom stereocenters. The summed E-state index contributed by atoms with van der Waals surface area (Å²) < 4.78 is 26.8. The normalized spacial score (nSPS) is 24.2. The number of halogens is 1. The summed E-state index contributed by atoms with van der Waals surface area (Å²) in [4.78, 5) is 59.5. The molecule has 1 amide bonds. The van der Waals surface area contributed by atoms with Gasteiger partial charge in [0, 0.05) is 27.7 Å². The summed E-state index contributed by atoms with van der Waals surface area (Å²) in [5, 5.41) is 2.61. The number of hydrogen-bond acceptors (Lipinski definition) is 10. The van der Waals surface area contributed by atoms with Crippen LogP contribution in [0.15, 0.2) is 24.3 Å². The number of nitrogens with one attached hydrogen (secondary N) is 1. The maximum Gasteiger partial charge on any atom is 0.342 e. The highest BCUT2D eigenvalue weighted by Crippen LogP contribution is 2.29. The topological polar surface area (TPSA) is 144 Å². The molecule has 180 valence electrons. The number of carbonyl (C=O) groups excluding carboxylic acids is 5. The van der Waals surface area contributed by atoms with Gasteiger partial charge in [-0.2, -0.15) is 0 Å². The van der Waals surface area contributed by atoms with Gasteiger partial charge in [0.2, 0.25) is 12.2 Å². The van der Waals surface area contributed by atoms with Gasteiger partial charge in [-0.25, -0.2) is 4.79 Å². The zero-order valence-electron chi connectivity index (χ0n) is 18.4. The van der Waals surface area contributed by atoms with Crippen LogP contribution in [0.2, 0.25) is 5.02 Å². The number of benzene rings is 1. The third-order valence-corrected chi connectivity index (χ3v) is 4.72. The molecule has 5 atom stereocenters. The van der Waals surface area contributed by atoms with Crippen molar-refractivity contribution < 1.29 is 47.7 Å². The second-order valence-electron chi connectivity index (χ2n) is 7.11. The molecule has 1 aromatic carbocycles. The van der Waals surface area contributed by atoms with Crippen molar-refractivity contribution in [3.05, 3.63) is 34.9 Å². The predicted molar refractivity (Wildman–Crippen MR) is 111 cm³/mol. The Kier molecular flexibility index (Phi) is 9.18. The van der Waals surface area contributed by atoms with Crippen LogP contribution in [0, 0.1) is 0 Å². The number of carbonyl (C=O) groups is 5. The van der Waals surface area contributed by atoms with E-state index in [0.717, 1.165) is 20.8 Å². The molecule has 1 aromatic rings. The van der Waals surface area contributed by atoms with Crippen molar-refractivity contribution in [2.24, 2.45) is 0 Å². The van der Waals surface area contributed by atoms with Crippen LogP contribution in [-0.2, 0) is 42.9 Å². The van der Waals surface area contributed by atoms with Crippen LogP contribution in [0.3, 0.4) is 0 Å². The summed E-state index contributed by atoms with van der Waals surface area (Å²) in [5.41, 5.74) is 0.0204. The molecule has 1 heterocycles. The Morgan fingerprint density at radius 2 is 1.52 bits per heavy atom. The summed E-state index contributed by atoms with van der Waals surface area (Å²) in [6.07, 6.45) is -5.35. The molecule has 0 radical (unpaired) electrons. The summed E-state index contributed by atoms with van der Waals surface area (Å²) in [6, 6.07) is 4.81. The van der Waals surface area contributed by atoms with Gasteiger partial charge in [-0.15, -0.1) is 0 Å². The highest BCUT2D eigenvalue weighted by Gasteiger charge is 2.52. The fourth-order valence-electron chi connectivity index (χ4n) is 3.19. The molecule has 0 bridgehead atoms. The van der Waals surface area contributed by atoms with Crippen LogP contribution < -0.4 is 5.32 Å². The standard InChI is InChI=1S/C21H24ClNO10/c1-10(24)23-17-19(31-13(4)27)18(30-12(3)26)16(9-29-11(2)25)32-21(17)33-20(28)14-7-5-6-8-15(14)22/h5-8,16-19,21H,9H2,1-4H3,(H,23,24)/t16-,17+,18-,19-,21+/m1/s1. The van der Waals surface area contributed by atoms with Crippen LogP contribution in [0.5, 0.6) is 0 Å². The number of hydrogen-bond donors (Lipinski definition) is 1. The Labute approximate surface area is 194 Å². The van der Waals surface area contributed by atoms with E-state index in [1.165, 1.54) is 19.1 Å². The van der Waals surface area contributed by atoms with Crippen LogP contribution in [0.25, 0.3) is 0 Å². The first-order chi connectivity index (χ1) is 15.5. The summed E-state index contributed by atoms with van der Waals surface area (Å²) in [5.74, 6) is -3.63. The van der Waals surface area contributed by atoms with E-state index in [-0.39, 0.29) is 10.6 Å². The molecular formula is C21H24ClNO10. The van der Waals surface area contributed by atoms with E-state index in [1.807, 2.05) is 0 Å². The molecule has 1 aliphatic rings. The predicted octanol–water partition coefficient (Wildman–Crippen LogP) is 1.15. The average Bonchev–Trinajstić information content (AvgIpc) is 2.70. The van der Waals surface area contributed by atoms with Crippen molar-refractivity contribution in [2.75, 3.05) is 6.61 Å². The molecule has 0 aliphatic carbocycles. The van der Waals surface area contributed by atoms with Crippen LogP contribution in [0.4, 0.5) is 0 Å². The van der Waals surface area contributed by atoms with Crippen molar-refractivity contribution in [2.45, 2.75) is 58.3 Å². The highest BCUT2D eigenvalue weighted by atomic mass is 35.5. The van der Waals surface area contributed by atoms with E-state index in [1.54, 1.807) is 12.1 Å². The van der Waals surface area contributed by atoms with Crippen molar-refractivity contribution in [1.29, 1.82) is 0 Å². The molecule has 0 spiro atoms. The molecule has 1 saturated heterocycles. The molecule has 1 fully saturated rings. The first-order valence-electron chi connectivity index (χ1n) is 9.85. The van der Waals surface area contributed by atoms with Gasteiger partial charge in [0.05, 0.1) is 10.6 Å². The Hall–Kier alpha value is -3.18. The van der Waals surface area contributed by atoms with Gasteiger partial charge in [-0.3, -0.25) is 19.2 Å². The zero-order valence-corrected chi connectivity index (χ0v) is 19.1.